The number of alkyl halides is 3. The molecule has 0 aliphatic carbocycles. The summed E-state index contributed by atoms with van der Waals surface area (Å²) in [5.74, 6) is -11.5. The molecule has 2 aromatic heterocycles. The number of benzene rings is 1. The minimum atomic E-state index is -5.69. The Morgan fingerprint density at radius 1 is 1.07 bits per heavy atom. The lowest BCUT2D eigenvalue weighted by Crippen LogP contribution is -2.20. The Balaban J connectivity index is 2.07. The first-order chi connectivity index (χ1) is 12.5. The molecular weight excluding hydrogens is 453 g/mol. The van der Waals surface area contributed by atoms with Crippen LogP contribution in [0, 0.1) is 23.3 Å². The summed E-state index contributed by atoms with van der Waals surface area (Å²) in [7, 11) is 0. The molecule has 2 heterocycles. The zero-order chi connectivity index (χ0) is 20.1. The van der Waals surface area contributed by atoms with Crippen LogP contribution in [0.15, 0.2) is 22.9 Å². The van der Waals surface area contributed by atoms with Crippen LogP contribution in [0.4, 0.5) is 36.4 Å². The average Bonchev–Trinajstić information content (AvgIpc) is 2.93. The van der Waals surface area contributed by atoms with Gasteiger partial charge in [-0.1, -0.05) is 0 Å². The number of carbonyl (C=O) groups excluding carboxylic acids is 1. The maximum absolute atomic E-state index is 13.9. The van der Waals surface area contributed by atoms with Crippen LogP contribution in [0.2, 0.25) is 0 Å². The van der Waals surface area contributed by atoms with Gasteiger partial charge in [0.05, 0.1) is 4.47 Å². The number of carbonyl (C=O) groups is 1. The van der Waals surface area contributed by atoms with Crippen LogP contribution in [-0.2, 0) is 6.18 Å². The van der Waals surface area contributed by atoms with Gasteiger partial charge in [-0.15, -0.1) is 0 Å². The van der Waals surface area contributed by atoms with Crippen LogP contribution in [0.5, 0.6) is 0 Å². The summed E-state index contributed by atoms with van der Waals surface area (Å²) in [6, 6.07) is 1.45. The average molecular weight is 457 g/mol. The Bertz CT molecular complexity index is 1050. The zero-order valence-corrected chi connectivity index (χ0v) is 14.1. The lowest BCUT2D eigenvalue weighted by atomic mass is 10.1. The summed E-state index contributed by atoms with van der Waals surface area (Å²) in [5, 5.41) is 5.24. The van der Waals surface area contributed by atoms with Crippen LogP contribution in [-0.4, -0.2) is 20.5 Å². The summed E-state index contributed by atoms with van der Waals surface area (Å²) in [6.07, 6.45) is -2.96. The van der Waals surface area contributed by atoms with E-state index in [4.69, 9.17) is 0 Å². The van der Waals surface area contributed by atoms with Gasteiger partial charge >= 0.3 is 6.18 Å². The van der Waals surface area contributed by atoms with E-state index in [9.17, 15) is 35.5 Å². The molecule has 0 atom stereocenters. The molecule has 0 aliphatic heterocycles. The molecule has 1 N–H and O–H groups in total. The molecule has 5 nitrogen and oxygen atoms in total. The van der Waals surface area contributed by atoms with E-state index in [0.717, 1.165) is 4.52 Å². The van der Waals surface area contributed by atoms with E-state index in [1.165, 1.54) is 23.8 Å². The number of hydrogen-bond acceptors (Lipinski definition) is 3. The third-order valence-corrected chi connectivity index (χ3v) is 4.07. The Morgan fingerprint density at radius 3 is 2.19 bits per heavy atom. The van der Waals surface area contributed by atoms with Crippen molar-refractivity contribution in [2.45, 2.75) is 6.18 Å². The van der Waals surface area contributed by atoms with Crippen molar-refractivity contribution in [1.82, 2.24) is 14.6 Å². The Labute approximate surface area is 152 Å². The fraction of sp³-hybridized carbons (Fsp3) is 0.0714. The van der Waals surface area contributed by atoms with Crippen molar-refractivity contribution in [1.29, 1.82) is 0 Å². The Kier molecular flexibility index (Phi) is 4.57. The predicted molar refractivity (Wildman–Crippen MR) is 79.9 cm³/mol. The van der Waals surface area contributed by atoms with Gasteiger partial charge in [0.2, 0.25) is 0 Å². The van der Waals surface area contributed by atoms with Crippen molar-refractivity contribution in [2.24, 2.45) is 0 Å². The summed E-state index contributed by atoms with van der Waals surface area (Å²) in [6.45, 7) is 0. The Morgan fingerprint density at radius 2 is 1.67 bits per heavy atom. The monoisotopic (exact) mass is 456 g/mol. The lowest BCUT2D eigenvalue weighted by molar-refractivity contribution is -0.143. The molecule has 0 spiro atoms. The fourth-order valence-electron chi connectivity index (χ4n) is 2.17. The van der Waals surface area contributed by atoms with Crippen molar-refractivity contribution < 1.29 is 35.5 Å². The van der Waals surface area contributed by atoms with Crippen molar-refractivity contribution in [3.63, 3.8) is 0 Å². The molecule has 142 valence electrons. The first kappa shape index (κ1) is 19.1. The van der Waals surface area contributed by atoms with Crippen molar-refractivity contribution in [3.8, 4) is 0 Å². The number of nitrogens with zero attached hydrogens (tertiary/aromatic N) is 3. The van der Waals surface area contributed by atoms with E-state index in [0.29, 0.717) is 0 Å². The summed E-state index contributed by atoms with van der Waals surface area (Å²) in [4.78, 5) is 16.0. The van der Waals surface area contributed by atoms with Crippen LogP contribution >= 0.6 is 15.9 Å². The highest BCUT2D eigenvalue weighted by molar-refractivity contribution is 9.10. The highest BCUT2D eigenvalue weighted by Crippen LogP contribution is 2.38. The largest absolute Gasteiger partial charge is 0.422 e. The second-order valence-corrected chi connectivity index (χ2v) is 5.80. The van der Waals surface area contributed by atoms with Gasteiger partial charge in [-0.3, -0.25) is 4.79 Å². The molecular formula is C14H4BrF7N4O. The normalized spacial score (nSPS) is 11.9. The van der Waals surface area contributed by atoms with Crippen LogP contribution in [0.1, 0.15) is 16.1 Å². The van der Waals surface area contributed by atoms with Gasteiger partial charge in [0.1, 0.15) is 11.3 Å². The number of hydrogen-bond donors (Lipinski definition) is 1. The molecule has 0 aliphatic rings. The van der Waals surface area contributed by atoms with Gasteiger partial charge in [-0.25, -0.2) is 27.1 Å². The zero-order valence-electron chi connectivity index (χ0n) is 12.5. The highest BCUT2D eigenvalue weighted by atomic mass is 79.9. The topological polar surface area (TPSA) is 59.3 Å². The predicted octanol–water partition coefficient (Wildman–Crippen LogP) is 4.32. The van der Waals surface area contributed by atoms with Gasteiger partial charge in [-0.05, 0) is 22.0 Å². The molecule has 0 saturated carbocycles. The number of fused-ring (bicyclic) bond motifs is 1. The minimum absolute atomic E-state index is 0.0192. The number of halogens is 8. The van der Waals surface area contributed by atoms with Crippen LogP contribution in [0.3, 0.4) is 0 Å². The number of amides is 1. The highest BCUT2D eigenvalue weighted by Gasteiger charge is 2.42. The molecule has 0 saturated heterocycles. The summed E-state index contributed by atoms with van der Waals surface area (Å²) >= 11 is 2.98. The maximum atomic E-state index is 13.9. The Hall–Kier alpha value is -2.70. The van der Waals surface area contributed by atoms with E-state index in [-0.39, 0.29) is 10.1 Å². The van der Waals surface area contributed by atoms with Crippen molar-refractivity contribution in [2.75, 3.05) is 5.32 Å². The second kappa shape index (κ2) is 6.48. The molecule has 27 heavy (non-hydrogen) atoms. The molecule has 13 heteroatoms. The standard InChI is InChI=1S/C14H4BrF7N4O/c15-5-10(25-26-3-1-2-23-12(5)26)13(27)24-11-8(18)6(16)4(14(20,21)22)7(17)9(11)19/h1-3H,(H,24,27). The first-order valence-corrected chi connectivity index (χ1v) is 7.56. The van der Waals surface area contributed by atoms with Gasteiger partial charge in [0, 0.05) is 12.4 Å². The van der Waals surface area contributed by atoms with E-state index in [1.807, 2.05) is 0 Å². The maximum Gasteiger partial charge on any atom is 0.422 e. The second-order valence-electron chi connectivity index (χ2n) is 5.01. The van der Waals surface area contributed by atoms with Crippen molar-refractivity contribution in [3.05, 3.63) is 57.5 Å². The molecule has 3 rings (SSSR count). The third kappa shape index (κ3) is 3.11. The molecule has 0 fully saturated rings. The van der Waals surface area contributed by atoms with E-state index < -0.39 is 52.3 Å². The lowest BCUT2D eigenvalue weighted by Gasteiger charge is -2.14. The number of aromatic nitrogens is 3. The van der Waals surface area contributed by atoms with Gasteiger partial charge in [0.25, 0.3) is 5.91 Å². The quantitative estimate of drug-likeness (QED) is 0.461. The smallest absolute Gasteiger partial charge is 0.315 e. The first-order valence-electron chi connectivity index (χ1n) is 6.77. The van der Waals surface area contributed by atoms with Gasteiger partial charge < -0.3 is 5.32 Å². The SMILES string of the molecule is O=C(Nc1c(F)c(F)c(C(F)(F)F)c(F)c1F)c1nn2cccnc2c1Br. The minimum Gasteiger partial charge on any atom is -0.315 e. The van der Waals surface area contributed by atoms with E-state index in [1.54, 1.807) is 0 Å². The third-order valence-electron chi connectivity index (χ3n) is 3.34. The van der Waals surface area contributed by atoms with Gasteiger partial charge in [-0.2, -0.15) is 18.3 Å². The number of rotatable bonds is 2. The summed E-state index contributed by atoms with van der Waals surface area (Å²) < 4.78 is 93.8. The van der Waals surface area contributed by atoms with Crippen LogP contribution < -0.4 is 5.32 Å². The molecule has 0 unspecified atom stereocenters. The number of anilines is 1. The fourth-order valence-corrected chi connectivity index (χ4v) is 2.71. The molecule has 0 radical (unpaired) electrons. The van der Waals surface area contributed by atoms with Gasteiger partial charge in [0.15, 0.2) is 34.6 Å². The molecule has 1 amide bonds. The molecule has 0 bridgehead atoms. The molecule has 3 aromatic rings. The molecule has 1 aromatic carbocycles. The van der Waals surface area contributed by atoms with Crippen LogP contribution in [0.25, 0.3) is 5.65 Å². The van der Waals surface area contributed by atoms with E-state index >= 15 is 0 Å². The van der Waals surface area contributed by atoms with E-state index in [2.05, 4.69) is 26.0 Å². The van der Waals surface area contributed by atoms with Crippen molar-refractivity contribution >= 4 is 33.2 Å². The number of nitrogens with one attached hydrogen (secondary N) is 1. The summed E-state index contributed by atoms with van der Waals surface area (Å²) in [5.41, 5.74) is -4.81.